The molecule has 0 amide bonds. The van der Waals surface area contributed by atoms with E-state index in [1.807, 2.05) is 0 Å². The highest BCUT2D eigenvalue weighted by Gasteiger charge is 3.02. The van der Waals surface area contributed by atoms with E-state index in [4.69, 9.17) is 0 Å². The van der Waals surface area contributed by atoms with Crippen LogP contribution in [0.15, 0.2) is 0 Å². The van der Waals surface area contributed by atoms with Crippen LogP contribution in [-0.4, -0.2) is 187 Å². The molecule has 0 rings (SSSR count). The molecular weight excluding hydrogens is 1660 g/mol. The second-order valence-electron chi connectivity index (χ2n) is 19.9. The van der Waals surface area contributed by atoms with Crippen LogP contribution in [0.2, 0.25) is 18.1 Å². The van der Waals surface area contributed by atoms with E-state index < -0.39 is 225 Å². The van der Waals surface area contributed by atoms with Crippen molar-refractivity contribution >= 4 is 8.80 Å². The fourth-order valence-electron chi connectivity index (χ4n) is 6.83. The molecule has 0 aromatic rings. The molecule has 0 saturated carbocycles. The second-order valence-corrected chi connectivity index (χ2v) is 23.3. The van der Waals surface area contributed by atoms with Crippen LogP contribution >= 0.6 is 0 Å². The molecular formula is C36H13F63Si. The number of alkyl halides is 63. The normalized spacial score (nSPS) is 17.3. The van der Waals surface area contributed by atoms with Gasteiger partial charge >= 0.3 is 178 Å². The molecule has 0 saturated heterocycles. The van der Waals surface area contributed by atoms with Gasteiger partial charge in [-0.3, -0.25) is 0 Å². The Labute approximate surface area is 502 Å². The Morgan fingerprint density at radius 3 is 0.280 bits per heavy atom. The summed E-state index contributed by atoms with van der Waals surface area (Å²) in [6.45, 7) is 0. The van der Waals surface area contributed by atoms with Crippen molar-refractivity contribution in [3.63, 3.8) is 0 Å². The van der Waals surface area contributed by atoms with Crippen molar-refractivity contribution in [3.8, 4) is 0 Å². The SMILES string of the molecule is FC(F)(F)C(F)(F)C(F)(F)C(F)(F)C(F)(F)C(F)(F)C(F)(F)C(F)(F)C(F)(F)C(F)(F)CC[SiH](CCC(F)(F)C(F)(F)C(F)(F)C(F)(F)C(F)(F)C(F)(F)C(F)(F)C(F)(F)C(F)(F)C(F)(F)F)CCC(F)(F)C(F)(F)C(F)(F)C(F)(F)C(F)(F)C(F)(F)C(F)(F)C(F)(F)C(F)(F)C(F)(F)F. The summed E-state index contributed by atoms with van der Waals surface area (Å²) in [5.41, 5.74) is 0. The lowest BCUT2D eigenvalue weighted by molar-refractivity contribution is -0.474. The maximum Gasteiger partial charge on any atom is 0.460 e. The monoisotopic (exact) mass is 1670 g/mol. The number of hydrogen-bond donors (Lipinski definition) is 0. The molecule has 0 N–H and O–H groups in total. The van der Waals surface area contributed by atoms with Crippen LogP contribution in [-0.2, 0) is 0 Å². The molecule has 0 aliphatic carbocycles. The minimum Gasteiger partial charge on any atom is -0.200 e. The molecule has 0 fully saturated rings. The quantitative estimate of drug-likeness (QED) is 0.0454. The molecule has 64 heteroatoms. The Bertz CT molecular complexity index is 2520. The Morgan fingerprint density at radius 2 is 0.190 bits per heavy atom. The van der Waals surface area contributed by atoms with Gasteiger partial charge in [0.15, 0.2) is 0 Å². The standard InChI is InChI=1S/C36H13F63Si/c37-7(38,10(43,44)13(49,50)16(55,56)19(61,62)22(67,68)25(73,74)28(79,80)31(85,86)34(91,92)93)1-4-100(5-2-8(39,40)11(45,46)14(51,52)17(57,58)20(63,64)23(69,70)26(75,76)29(81,82)32(87,88)35(94,95)96)6-3-9(41,42)12(47,48)15(53,54)18(59,60)21(65,66)24(71,72)27(77,78)30(83,84)33(89,90)36(97,98)99/h100H,1-6H2. The highest BCUT2D eigenvalue weighted by atomic mass is 28.3. The van der Waals surface area contributed by atoms with Gasteiger partial charge in [0.1, 0.15) is 0 Å². The first kappa shape index (κ1) is 95.8. The van der Waals surface area contributed by atoms with Gasteiger partial charge < -0.3 is 0 Å². The molecule has 0 nitrogen and oxygen atoms in total. The van der Waals surface area contributed by atoms with Gasteiger partial charge in [-0.15, -0.1) is 0 Å². The fraction of sp³-hybridized carbons (Fsp3) is 1.00. The van der Waals surface area contributed by atoms with Gasteiger partial charge in [-0.25, -0.2) is 0 Å². The largest absolute Gasteiger partial charge is 0.460 e. The van der Waals surface area contributed by atoms with E-state index in [2.05, 4.69) is 0 Å². The average Bonchev–Trinajstić information content (AvgIpc) is 0.696. The van der Waals surface area contributed by atoms with Gasteiger partial charge in [0, 0.05) is 28.1 Å². The van der Waals surface area contributed by atoms with Gasteiger partial charge in [-0.05, 0) is 0 Å². The first-order valence-electron chi connectivity index (χ1n) is 22.4. The van der Waals surface area contributed by atoms with Gasteiger partial charge in [0.2, 0.25) is 0 Å². The molecule has 0 aromatic heterocycles. The van der Waals surface area contributed by atoms with Crippen molar-refractivity contribution in [2.75, 3.05) is 0 Å². The molecule has 0 spiro atoms. The third-order valence-corrected chi connectivity index (χ3v) is 16.6. The predicted octanol–water partition coefficient (Wildman–Crippen LogP) is 22.2. The van der Waals surface area contributed by atoms with Crippen LogP contribution < -0.4 is 0 Å². The lowest BCUT2D eigenvalue weighted by Crippen LogP contribution is -2.76. The number of halogens is 63. The van der Waals surface area contributed by atoms with E-state index in [0.29, 0.717) is 0 Å². The Morgan fingerprint density at radius 1 is 0.110 bits per heavy atom. The van der Waals surface area contributed by atoms with Crippen LogP contribution in [0.3, 0.4) is 0 Å². The van der Waals surface area contributed by atoms with E-state index in [1.165, 1.54) is 0 Å². The number of hydrogen-bond acceptors (Lipinski definition) is 0. The maximum absolute atomic E-state index is 14.8. The molecule has 602 valence electrons. The lowest BCUT2D eigenvalue weighted by Gasteiger charge is -2.45. The summed E-state index contributed by atoms with van der Waals surface area (Å²) in [7, 11) is -7.02. The first-order valence-corrected chi connectivity index (χ1v) is 24.9. The first-order chi connectivity index (χ1) is 42.0. The molecule has 0 atom stereocenters. The maximum atomic E-state index is 14.8. The smallest absolute Gasteiger partial charge is 0.200 e. The van der Waals surface area contributed by atoms with Crippen molar-refractivity contribution in [2.24, 2.45) is 0 Å². The minimum atomic E-state index is -10.2. The summed E-state index contributed by atoms with van der Waals surface area (Å²) in [4.78, 5) is 0. The van der Waals surface area contributed by atoms with E-state index >= 15 is 0 Å². The van der Waals surface area contributed by atoms with Crippen molar-refractivity contribution in [3.05, 3.63) is 0 Å². The van der Waals surface area contributed by atoms with E-state index in [-0.39, 0.29) is 0 Å². The topological polar surface area (TPSA) is 0 Å². The predicted molar refractivity (Wildman–Crippen MR) is 187 cm³/mol. The second kappa shape index (κ2) is 24.4. The molecule has 0 aliphatic rings. The van der Waals surface area contributed by atoms with Crippen molar-refractivity contribution in [1.29, 1.82) is 0 Å². The zero-order valence-corrected chi connectivity index (χ0v) is 44.8. The number of rotatable bonds is 33. The molecule has 0 heterocycles. The van der Waals surface area contributed by atoms with Gasteiger partial charge in [0.25, 0.3) is 0 Å². The zero-order valence-electron chi connectivity index (χ0n) is 43.6. The average molecular weight is 1670 g/mol. The fourth-order valence-corrected chi connectivity index (χ4v) is 10.0. The van der Waals surface area contributed by atoms with E-state index in [1.54, 1.807) is 0 Å². The molecule has 0 aromatic carbocycles. The zero-order chi connectivity index (χ0) is 82.8. The van der Waals surface area contributed by atoms with Crippen LogP contribution in [0.4, 0.5) is 277 Å². The van der Waals surface area contributed by atoms with Crippen LogP contribution in [0.5, 0.6) is 0 Å². The third kappa shape index (κ3) is 12.3. The molecule has 0 radical (unpaired) electrons. The van der Waals surface area contributed by atoms with Crippen LogP contribution in [0.25, 0.3) is 0 Å². The minimum absolute atomic E-state index is 4.03. The Kier molecular flexibility index (Phi) is 23.4. The highest BCUT2D eigenvalue weighted by molar-refractivity contribution is 6.58. The summed E-state index contributed by atoms with van der Waals surface area (Å²) < 4.78 is 872. The van der Waals surface area contributed by atoms with E-state index in [9.17, 15) is 277 Å². The van der Waals surface area contributed by atoms with Crippen LogP contribution in [0, 0.1) is 0 Å². The summed E-state index contributed by atoms with van der Waals surface area (Å²) >= 11 is 0. The van der Waals surface area contributed by atoms with Gasteiger partial charge in [-0.1, -0.05) is 18.1 Å². The summed E-state index contributed by atoms with van der Waals surface area (Å²) in [5.74, 6) is -261. The summed E-state index contributed by atoms with van der Waals surface area (Å²) in [5, 5.41) is 0. The van der Waals surface area contributed by atoms with Crippen molar-refractivity contribution < 1.29 is 277 Å². The summed E-state index contributed by atoms with van der Waals surface area (Å²) in [6.07, 6.45) is -40.3. The molecule has 100 heavy (non-hydrogen) atoms. The van der Waals surface area contributed by atoms with Crippen molar-refractivity contribution in [1.82, 2.24) is 0 Å². The van der Waals surface area contributed by atoms with Crippen molar-refractivity contribution in [2.45, 2.75) is 216 Å². The van der Waals surface area contributed by atoms with E-state index in [0.717, 1.165) is 0 Å². The lowest BCUT2D eigenvalue weighted by atomic mass is 9.86. The third-order valence-electron chi connectivity index (χ3n) is 13.3. The highest BCUT2D eigenvalue weighted by Crippen LogP contribution is 2.71. The van der Waals surface area contributed by atoms with Gasteiger partial charge in [-0.2, -0.15) is 277 Å². The molecule has 0 unspecified atom stereocenters. The van der Waals surface area contributed by atoms with Crippen LogP contribution in [0.1, 0.15) is 19.3 Å². The molecule has 0 aliphatic heterocycles. The Balaban J connectivity index is 8.67. The molecule has 0 bridgehead atoms. The van der Waals surface area contributed by atoms with Gasteiger partial charge in [0.05, 0.1) is 0 Å². The Hall–Kier alpha value is -4.19. The summed E-state index contributed by atoms with van der Waals surface area (Å²) in [6, 6.07) is -12.1.